The summed E-state index contributed by atoms with van der Waals surface area (Å²) in [7, 11) is 1.54. The zero-order valence-electron chi connectivity index (χ0n) is 14.2. The second kappa shape index (κ2) is 7.14. The number of pyridine rings is 1. The molecule has 1 amide bonds. The highest BCUT2D eigenvalue weighted by Crippen LogP contribution is 2.34. The normalized spacial score (nSPS) is 11.4. The number of alkyl halides is 3. The van der Waals surface area contributed by atoms with E-state index >= 15 is 0 Å². The van der Waals surface area contributed by atoms with Crippen LogP contribution in [0.25, 0.3) is 10.9 Å². The van der Waals surface area contributed by atoms with Crippen LogP contribution in [0.1, 0.15) is 21.6 Å². The van der Waals surface area contributed by atoms with Gasteiger partial charge in [0.25, 0.3) is 5.91 Å². The van der Waals surface area contributed by atoms with Gasteiger partial charge in [0.1, 0.15) is 23.8 Å². The van der Waals surface area contributed by atoms with E-state index in [0.717, 1.165) is 17.7 Å². The minimum Gasteiger partial charge on any atom is -0.497 e. The lowest BCUT2D eigenvalue weighted by Crippen LogP contribution is -2.14. The molecule has 0 aliphatic rings. The zero-order chi connectivity index (χ0) is 19.6. The molecule has 140 valence electrons. The van der Waals surface area contributed by atoms with E-state index in [0.29, 0.717) is 5.75 Å². The topological polar surface area (TPSA) is 74.4 Å². The molecule has 0 fully saturated rings. The van der Waals surface area contributed by atoms with Gasteiger partial charge in [-0.3, -0.25) is 4.79 Å². The molecule has 0 saturated carbocycles. The van der Waals surface area contributed by atoms with Crippen molar-refractivity contribution in [2.24, 2.45) is 5.73 Å². The van der Waals surface area contributed by atoms with Gasteiger partial charge in [-0.15, -0.1) is 0 Å². The first-order chi connectivity index (χ1) is 12.8. The Labute approximate surface area is 152 Å². The Morgan fingerprint density at radius 2 is 1.81 bits per heavy atom. The number of nitrogens with zero attached hydrogens (tertiary/aromatic N) is 1. The highest BCUT2D eigenvalue weighted by Gasteiger charge is 2.31. The Morgan fingerprint density at radius 1 is 1.11 bits per heavy atom. The second-order valence-electron chi connectivity index (χ2n) is 5.74. The van der Waals surface area contributed by atoms with Crippen molar-refractivity contribution in [2.45, 2.75) is 12.8 Å². The van der Waals surface area contributed by atoms with Gasteiger partial charge in [-0.05, 0) is 35.9 Å². The molecule has 0 aliphatic heterocycles. The Hall–Kier alpha value is -3.29. The molecule has 1 aromatic heterocycles. The van der Waals surface area contributed by atoms with Crippen molar-refractivity contribution in [3.8, 4) is 11.5 Å². The number of primary amides is 1. The summed E-state index contributed by atoms with van der Waals surface area (Å²) in [4.78, 5) is 15.5. The van der Waals surface area contributed by atoms with Crippen LogP contribution < -0.4 is 15.2 Å². The van der Waals surface area contributed by atoms with Crippen molar-refractivity contribution in [3.05, 3.63) is 65.4 Å². The quantitative estimate of drug-likeness (QED) is 0.732. The SMILES string of the molecule is COc1ccc(COc2cc(C(N)=O)nc3ccc(C(F)(F)F)cc23)cc1. The Kier molecular flexibility index (Phi) is 4.89. The Balaban J connectivity index is 2.00. The first kappa shape index (κ1) is 18.5. The van der Waals surface area contributed by atoms with E-state index in [1.54, 1.807) is 24.3 Å². The van der Waals surface area contributed by atoms with E-state index in [1.807, 2.05) is 0 Å². The van der Waals surface area contributed by atoms with Crippen LogP contribution in [0.15, 0.2) is 48.5 Å². The number of methoxy groups -OCH3 is 1. The summed E-state index contributed by atoms with van der Waals surface area (Å²) < 4.78 is 49.8. The molecule has 0 bridgehead atoms. The van der Waals surface area contributed by atoms with Gasteiger partial charge in [0.05, 0.1) is 18.2 Å². The lowest BCUT2D eigenvalue weighted by atomic mass is 10.1. The van der Waals surface area contributed by atoms with Gasteiger partial charge in [-0.2, -0.15) is 13.2 Å². The first-order valence-electron chi connectivity index (χ1n) is 7.85. The van der Waals surface area contributed by atoms with Crippen molar-refractivity contribution in [3.63, 3.8) is 0 Å². The standard InChI is InChI=1S/C19H15F3N2O3/c1-26-13-5-2-11(3-6-13)10-27-17-9-16(18(23)25)24-15-7-4-12(8-14(15)17)19(20,21)22/h2-9H,10H2,1H3,(H2,23,25). The number of fused-ring (bicyclic) bond motifs is 1. The van der Waals surface area contributed by atoms with Crippen LogP contribution in [0, 0.1) is 0 Å². The zero-order valence-corrected chi connectivity index (χ0v) is 14.2. The summed E-state index contributed by atoms with van der Waals surface area (Å²) in [5.41, 5.74) is 5.29. The highest BCUT2D eigenvalue weighted by atomic mass is 19.4. The number of halogens is 3. The predicted molar refractivity (Wildman–Crippen MR) is 92.6 cm³/mol. The number of carbonyl (C=O) groups excluding carboxylic acids is 1. The monoisotopic (exact) mass is 376 g/mol. The summed E-state index contributed by atoms with van der Waals surface area (Å²) in [6, 6.07) is 11.3. The molecule has 0 radical (unpaired) electrons. The molecule has 5 nitrogen and oxygen atoms in total. The molecule has 1 heterocycles. The van der Waals surface area contributed by atoms with Gasteiger partial charge >= 0.3 is 6.18 Å². The van der Waals surface area contributed by atoms with Crippen LogP contribution in [0.4, 0.5) is 13.2 Å². The molecular formula is C19H15F3N2O3. The number of aromatic nitrogens is 1. The largest absolute Gasteiger partial charge is 0.497 e. The number of rotatable bonds is 5. The summed E-state index contributed by atoms with van der Waals surface area (Å²) in [5.74, 6) is -0.0410. The average molecular weight is 376 g/mol. The summed E-state index contributed by atoms with van der Waals surface area (Å²) in [6.45, 7) is 0.0809. The average Bonchev–Trinajstić information content (AvgIpc) is 2.65. The second-order valence-corrected chi connectivity index (χ2v) is 5.74. The minimum absolute atomic E-state index is 0.0809. The fourth-order valence-electron chi connectivity index (χ4n) is 2.50. The van der Waals surface area contributed by atoms with Gasteiger partial charge in [-0.1, -0.05) is 12.1 Å². The molecule has 0 atom stereocenters. The molecule has 0 aliphatic carbocycles. The molecular weight excluding hydrogens is 361 g/mol. The van der Waals surface area contributed by atoms with E-state index in [4.69, 9.17) is 15.2 Å². The molecule has 3 rings (SSSR count). The van der Waals surface area contributed by atoms with Gasteiger partial charge < -0.3 is 15.2 Å². The van der Waals surface area contributed by atoms with E-state index < -0.39 is 17.6 Å². The van der Waals surface area contributed by atoms with Gasteiger partial charge in [0.15, 0.2) is 0 Å². The minimum atomic E-state index is -4.51. The van der Waals surface area contributed by atoms with Crippen LogP contribution in [-0.2, 0) is 12.8 Å². The number of benzene rings is 2. The van der Waals surface area contributed by atoms with Crippen molar-refractivity contribution in [2.75, 3.05) is 7.11 Å². The Morgan fingerprint density at radius 3 is 2.41 bits per heavy atom. The van der Waals surface area contributed by atoms with Crippen LogP contribution in [0.5, 0.6) is 11.5 Å². The van der Waals surface area contributed by atoms with Gasteiger partial charge in [0.2, 0.25) is 0 Å². The number of nitrogens with two attached hydrogens (primary N) is 1. The summed E-state index contributed by atoms with van der Waals surface area (Å²) in [5, 5.41) is 0.142. The Bertz CT molecular complexity index is 986. The summed E-state index contributed by atoms with van der Waals surface area (Å²) in [6.07, 6.45) is -4.51. The molecule has 27 heavy (non-hydrogen) atoms. The fourth-order valence-corrected chi connectivity index (χ4v) is 2.50. The van der Waals surface area contributed by atoms with Gasteiger partial charge in [-0.25, -0.2) is 4.98 Å². The third kappa shape index (κ3) is 4.11. The molecule has 8 heteroatoms. The van der Waals surface area contributed by atoms with Crippen LogP contribution >= 0.6 is 0 Å². The third-order valence-electron chi connectivity index (χ3n) is 3.90. The number of amides is 1. The molecule has 0 unspecified atom stereocenters. The maximum absolute atomic E-state index is 13.0. The van der Waals surface area contributed by atoms with E-state index in [1.165, 1.54) is 19.2 Å². The van der Waals surface area contributed by atoms with Crippen molar-refractivity contribution in [1.29, 1.82) is 0 Å². The van der Waals surface area contributed by atoms with E-state index in [9.17, 15) is 18.0 Å². The summed E-state index contributed by atoms with van der Waals surface area (Å²) >= 11 is 0. The lowest BCUT2D eigenvalue weighted by molar-refractivity contribution is -0.137. The smallest absolute Gasteiger partial charge is 0.416 e. The van der Waals surface area contributed by atoms with Crippen molar-refractivity contribution >= 4 is 16.8 Å². The number of hydrogen-bond acceptors (Lipinski definition) is 4. The van der Waals surface area contributed by atoms with E-state index in [2.05, 4.69) is 4.98 Å². The first-order valence-corrected chi connectivity index (χ1v) is 7.85. The molecule has 2 N–H and O–H groups in total. The molecule has 0 saturated heterocycles. The van der Waals surface area contributed by atoms with Crippen LogP contribution in [0.2, 0.25) is 0 Å². The third-order valence-corrected chi connectivity index (χ3v) is 3.90. The molecule has 2 aromatic carbocycles. The fraction of sp³-hybridized carbons (Fsp3) is 0.158. The van der Waals surface area contributed by atoms with Gasteiger partial charge in [0, 0.05) is 11.5 Å². The highest BCUT2D eigenvalue weighted by molar-refractivity contribution is 5.96. The predicted octanol–water partition coefficient (Wildman–Crippen LogP) is 3.94. The maximum atomic E-state index is 13.0. The number of ether oxygens (including phenoxy) is 2. The van der Waals surface area contributed by atoms with Crippen molar-refractivity contribution < 1.29 is 27.4 Å². The maximum Gasteiger partial charge on any atom is 0.416 e. The van der Waals surface area contributed by atoms with E-state index in [-0.39, 0.29) is 29.0 Å². The molecule has 0 spiro atoms. The van der Waals surface area contributed by atoms with Crippen molar-refractivity contribution in [1.82, 2.24) is 4.98 Å². The lowest BCUT2D eigenvalue weighted by Gasteiger charge is -2.13. The molecule has 3 aromatic rings. The van der Waals surface area contributed by atoms with Crippen LogP contribution in [-0.4, -0.2) is 18.0 Å². The number of hydrogen-bond donors (Lipinski definition) is 1. The number of carbonyl (C=O) groups is 1. The van der Waals surface area contributed by atoms with Crippen LogP contribution in [0.3, 0.4) is 0 Å².